The number of anilines is 1. The molecule has 0 radical (unpaired) electrons. The Morgan fingerprint density at radius 1 is 1.33 bits per heavy atom. The van der Waals surface area contributed by atoms with E-state index < -0.39 is 4.92 Å². The first-order valence-electron chi connectivity index (χ1n) is 6.08. The summed E-state index contributed by atoms with van der Waals surface area (Å²) in [4.78, 5) is 25.7. The number of benzene rings is 1. The summed E-state index contributed by atoms with van der Waals surface area (Å²) in [5, 5.41) is 11.1. The number of nitrogen functional groups attached to an aromatic ring is 1. The number of esters is 1. The lowest BCUT2D eigenvalue weighted by atomic mass is 10.1. The lowest BCUT2D eigenvalue weighted by molar-refractivity contribution is -0.383. The van der Waals surface area contributed by atoms with Gasteiger partial charge in [0.1, 0.15) is 11.4 Å². The highest BCUT2D eigenvalue weighted by atomic mass is 16.6. The Labute approximate surface area is 120 Å². The van der Waals surface area contributed by atoms with E-state index in [0.717, 1.165) is 5.56 Å². The van der Waals surface area contributed by atoms with E-state index >= 15 is 0 Å². The Balaban J connectivity index is 2.38. The Bertz CT molecular complexity index is 683. The van der Waals surface area contributed by atoms with Gasteiger partial charge in [0.25, 0.3) is 0 Å². The zero-order valence-electron chi connectivity index (χ0n) is 11.3. The molecule has 1 aromatic heterocycles. The molecule has 7 heteroatoms. The number of methoxy groups -OCH3 is 1. The highest BCUT2D eigenvalue weighted by Gasteiger charge is 2.20. The van der Waals surface area contributed by atoms with E-state index in [2.05, 4.69) is 9.72 Å². The molecule has 21 heavy (non-hydrogen) atoms. The number of ether oxygens (including phenoxy) is 1. The van der Waals surface area contributed by atoms with Gasteiger partial charge in [0.2, 0.25) is 0 Å². The van der Waals surface area contributed by atoms with Gasteiger partial charge in [0, 0.05) is 11.8 Å². The smallest absolute Gasteiger partial charge is 0.318 e. The van der Waals surface area contributed by atoms with E-state index in [1.165, 1.54) is 19.4 Å². The van der Waals surface area contributed by atoms with Crippen molar-refractivity contribution in [2.24, 2.45) is 0 Å². The second-order valence-electron chi connectivity index (χ2n) is 4.30. The molecule has 2 aromatic rings. The number of hydrogen-bond acceptors (Lipinski definition) is 6. The lowest BCUT2D eigenvalue weighted by Crippen LogP contribution is -2.04. The van der Waals surface area contributed by atoms with E-state index in [-0.39, 0.29) is 29.5 Å². The molecule has 0 bridgehead atoms. The second-order valence-corrected chi connectivity index (χ2v) is 4.30. The predicted molar refractivity (Wildman–Crippen MR) is 76.5 cm³/mol. The third kappa shape index (κ3) is 3.14. The van der Waals surface area contributed by atoms with Crippen LogP contribution in [0.15, 0.2) is 36.5 Å². The number of aromatic nitrogens is 1. The maximum Gasteiger partial charge on any atom is 0.318 e. The highest BCUT2D eigenvalue weighted by Crippen LogP contribution is 2.32. The van der Waals surface area contributed by atoms with Crippen LogP contribution in [0.25, 0.3) is 11.3 Å². The number of nitrogens with zero attached hydrogens (tertiary/aromatic N) is 2. The van der Waals surface area contributed by atoms with E-state index in [1.807, 2.05) is 0 Å². The number of carbonyl (C=O) groups is 1. The van der Waals surface area contributed by atoms with Crippen LogP contribution < -0.4 is 5.73 Å². The van der Waals surface area contributed by atoms with Crippen molar-refractivity contribution in [3.05, 3.63) is 52.2 Å². The van der Waals surface area contributed by atoms with Gasteiger partial charge >= 0.3 is 11.7 Å². The fraction of sp³-hybridized carbons (Fsp3) is 0.143. The van der Waals surface area contributed by atoms with Crippen LogP contribution >= 0.6 is 0 Å². The summed E-state index contributed by atoms with van der Waals surface area (Å²) >= 11 is 0. The number of pyridine rings is 1. The molecule has 0 spiro atoms. The van der Waals surface area contributed by atoms with Crippen LogP contribution in [0.5, 0.6) is 0 Å². The van der Waals surface area contributed by atoms with Gasteiger partial charge in [0.05, 0.1) is 18.5 Å². The zero-order valence-corrected chi connectivity index (χ0v) is 11.3. The number of nitro groups is 1. The fourth-order valence-corrected chi connectivity index (χ4v) is 1.89. The molecule has 2 rings (SSSR count). The first-order chi connectivity index (χ1) is 10.0. The standard InChI is InChI=1S/C14H13N3O4/c1-21-12(18)8-9-2-4-10(5-3-9)13-14(17(19)20)11(15)6-7-16-13/h2-7H,8H2,1H3,(H2,15,16). The van der Waals surface area contributed by atoms with Crippen LogP contribution in [0, 0.1) is 10.1 Å². The van der Waals surface area contributed by atoms with Crippen molar-refractivity contribution in [3.8, 4) is 11.3 Å². The van der Waals surface area contributed by atoms with Crippen LogP contribution in [0.4, 0.5) is 11.4 Å². The molecule has 0 aliphatic heterocycles. The Kier molecular flexibility index (Phi) is 4.13. The molecule has 1 aromatic carbocycles. The van der Waals surface area contributed by atoms with Crippen LogP contribution in [-0.2, 0) is 16.0 Å². The molecule has 0 unspecified atom stereocenters. The molecule has 1 heterocycles. The Hall–Kier alpha value is -2.96. The minimum atomic E-state index is -0.556. The molecule has 7 nitrogen and oxygen atoms in total. The monoisotopic (exact) mass is 287 g/mol. The predicted octanol–water partition coefficient (Wildman–Crippen LogP) is 1.95. The van der Waals surface area contributed by atoms with E-state index in [4.69, 9.17) is 5.73 Å². The van der Waals surface area contributed by atoms with E-state index in [9.17, 15) is 14.9 Å². The van der Waals surface area contributed by atoms with Gasteiger partial charge in [-0.05, 0) is 11.6 Å². The van der Waals surface area contributed by atoms with Crippen molar-refractivity contribution in [2.75, 3.05) is 12.8 Å². The first kappa shape index (κ1) is 14.4. The van der Waals surface area contributed by atoms with Crippen LogP contribution in [0.3, 0.4) is 0 Å². The molecular weight excluding hydrogens is 274 g/mol. The highest BCUT2D eigenvalue weighted by molar-refractivity contribution is 5.78. The zero-order chi connectivity index (χ0) is 15.4. The third-order valence-corrected chi connectivity index (χ3v) is 2.94. The normalized spacial score (nSPS) is 10.1. The van der Waals surface area contributed by atoms with Crippen molar-refractivity contribution in [1.82, 2.24) is 4.98 Å². The maximum atomic E-state index is 11.2. The summed E-state index contributed by atoms with van der Waals surface area (Å²) < 4.78 is 4.58. The third-order valence-electron chi connectivity index (χ3n) is 2.94. The van der Waals surface area contributed by atoms with Crippen LogP contribution in [-0.4, -0.2) is 23.0 Å². The van der Waals surface area contributed by atoms with Crippen molar-refractivity contribution in [2.45, 2.75) is 6.42 Å². The fourth-order valence-electron chi connectivity index (χ4n) is 1.89. The minimum absolute atomic E-state index is 0.0589. The first-order valence-corrected chi connectivity index (χ1v) is 6.08. The topological polar surface area (TPSA) is 108 Å². The molecular formula is C14H13N3O4. The van der Waals surface area contributed by atoms with Crippen LogP contribution in [0.2, 0.25) is 0 Å². The number of rotatable bonds is 4. The lowest BCUT2D eigenvalue weighted by Gasteiger charge is -2.05. The summed E-state index contributed by atoms with van der Waals surface area (Å²) in [6.07, 6.45) is 1.56. The number of hydrogen-bond donors (Lipinski definition) is 1. The summed E-state index contributed by atoms with van der Waals surface area (Å²) in [5.41, 5.74) is 6.97. The molecule has 0 saturated heterocycles. The summed E-state index contributed by atoms with van der Waals surface area (Å²) in [7, 11) is 1.32. The molecule has 0 fully saturated rings. The SMILES string of the molecule is COC(=O)Cc1ccc(-c2nccc(N)c2[N+](=O)[O-])cc1. The maximum absolute atomic E-state index is 11.2. The quantitative estimate of drug-likeness (QED) is 0.523. The largest absolute Gasteiger partial charge is 0.469 e. The Morgan fingerprint density at radius 3 is 2.57 bits per heavy atom. The molecule has 0 amide bonds. The van der Waals surface area contributed by atoms with Gasteiger partial charge in [-0.2, -0.15) is 0 Å². The molecule has 0 aliphatic carbocycles. The number of carbonyl (C=O) groups excluding carboxylic acids is 1. The molecule has 2 N–H and O–H groups in total. The summed E-state index contributed by atoms with van der Waals surface area (Å²) in [6.45, 7) is 0. The average molecular weight is 287 g/mol. The number of nitrogens with two attached hydrogens (primary N) is 1. The van der Waals surface area contributed by atoms with Gasteiger partial charge in [0.15, 0.2) is 0 Å². The van der Waals surface area contributed by atoms with Gasteiger partial charge < -0.3 is 10.5 Å². The molecule has 0 saturated carbocycles. The van der Waals surface area contributed by atoms with Crippen molar-refractivity contribution >= 4 is 17.3 Å². The summed E-state index contributed by atoms with van der Waals surface area (Å²) in [5.74, 6) is -0.351. The van der Waals surface area contributed by atoms with Gasteiger partial charge in [-0.15, -0.1) is 0 Å². The van der Waals surface area contributed by atoms with E-state index in [0.29, 0.717) is 5.56 Å². The van der Waals surface area contributed by atoms with Gasteiger partial charge in [-0.1, -0.05) is 24.3 Å². The molecule has 108 valence electrons. The van der Waals surface area contributed by atoms with Crippen molar-refractivity contribution in [3.63, 3.8) is 0 Å². The van der Waals surface area contributed by atoms with Crippen molar-refractivity contribution in [1.29, 1.82) is 0 Å². The van der Waals surface area contributed by atoms with Crippen molar-refractivity contribution < 1.29 is 14.5 Å². The van der Waals surface area contributed by atoms with Gasteiger partial charge in [-0.3, -0.25) is 14.9 Å². The Morgan fingerprint density at radius 2 is 2.00 bits per heavy atom. The van der Waals surface area contributed by atoms with E-state index in [1.54, 1.807) is 24.3 Å². The average Bonchev–Trinajstić information content (AvgIpc) is 2.47. The molecule has 0 atom stereocenters. The second kappa shape index (κ2) is 6.00. The molecule has 0 aliphatic rings. The van der Waals surface area contributed by atoms with Crippen LogP contribution in [0.1, 0.15) is 5.56 Å². The van der Waals surface area contributed by atoms with Gasteiger partial charge in [-0.25, -0.2) is 4.98 Å². The minimum Gasteiger partial charge on any atom is -0.469 e. The summed E-state index contributed by atoms with van der Waals surface area (Å²) in [6, 6.07) is 8.09.